The molecule has 0 aromatic heterocycles. The van der Waals surface area contributed by atoms with Crippen molar-refractivity contribution in [2.24, 2.45) is 5.41 Å². The van der Waals surface area contributed by atoms with Gasteiger partial charge < -0.3 is 14.5 Å². The van der Waals surface area contributed by atoms with Crippen LogP contribution in [0.2, 0.25) is 0 Å². The summed E-state index contributed by atoms with van der Waals surface area (Å²) in [6.07, 6.45) is 0.520. The number of carbonyl (C=O) groups is 2. The lowest BCUT2D eigenvalue weighted by molar-refractivity contribution is -0.130. The Balaban J connectivity index is 1.77. The van der Waals surface area contributed by atoms with Crippen LogP contribution in [0.25, 0.3) is 0 Å². The number of hydrogen-bond donors (Lipinski definition) is 0. The molecule has 2 aliphatic heterocycles. The molecule has 1 atom stereocenters. The van der Waals surface area contributed by atoms with Crippen LogP contribution >= 0.6 is 0 Å². The quantitative estimate of drug-likeness (QED) is 0.826. The molecule has 0 bridgehead atoms. The lowest BCUT2D eigenvalue weighted by Crippen LogP contribution is -2.43. The van der Waals surface area contributed by atoms with Gasteiger partial charge in [0, 0.05) is 65.1 Å². The highest BCUT2D eigenvalue weighted by atomic mass is 16.5. The van der Waals surface area contributed by atoms with E-state index in [9.17, 15) is 9.59 Å². The minimum absolute atomic E-state index is 0.0904. The number of likely N-dealkylation sites (tertiary alicyclic amines) is 1. The Hall–Kier alpha value is -2.08. The monoisotopic (exact) mass is 345 g/mol. The van der Waals surface area contributed by atoms with Gasteiger partial charge in [-0.1, -0.05) is 12.1 Å². The van der Waals surface area contributed by atoms with Crippen molar-refractivity contribution in [1.29, 1.82) is 0 Å². The zero-order valence-electron chi connectivity index (χ0n) is 15.3. The molecule has 136 valence electrons. The number of carbonyl (C=O) groups excluding carboxylic acids is 2. The lowest BCUT2D eigenvalue weighted by atomic mass is 9.86. The fraction of sp³-hybridized carbons (Fsp3) is 0.579. The molecule has 0 radical (unpaired) electrons. The molecular formula is C19H27N3O3. The molecule has 2 aliphatic rings. The van der Waals surface area contributed by atoms with Crippen molar-refractivity contribution in [2.45, 2.75) is 19.9 Å². The van der Waals surface area contributed by atoms with E-state index in [2.05, 4.69) is 17.0 Å². The highest BCUT2D eigenvalue weighted by Gasteiger charge is 2.45. The Labute approximate surface area is 149 Å². The maximum Gasteiger partial charge on any atom is 0.223 e. The number of nitrogens with zero attached hydrogens (tertiary/aromatic N) is 3. The molecule has 1 aromatic carbocycles. The molecule has 6 nitrogen and oxygen atoms in total. The molecule has 25 heavy (non-hydrogen) atoms. The largest absolute Gasteiger partial charge is 0.497 e. The first kappa shape index (κ1) is 17.7. The number of methoxy groups -OCH3 is 1. The molecule has 1 aromatic rings. The molecule has 0 saturated carbocycles. The topological polar surface area (TPSA) is 53.1 Å². The van der Waals surface area contributed by atoms with Crippen LogP contribution in [0.4, 0.5) is 0 Å². The highest BCUT2D eigenvalue weighted by Crippen LogP contribution is 2.34. The average Bonchev–Trinajstić information content (AvgIpc) is 2.74. The van der Waals surface area contributed by atoms with Crippen LogP contribution in [0, 0.1) is 5.41 Å². The summed E-state index contributed by atoms with van der Waals surface area (Å²) in [5.41, 5.74) is 1.05. The summed E-state index contributed by atoms with van der Waals surface area (Å²) < 4.78 is 5.22. The Morgan fingerprint density at radius 3 is 2.44 bits per heavy atom. The normalized spacial score (nSPS) is 24.7. The second-order valence-electron chi connectivity index (χ2n) is 7.43. The predicted molar refractivity (Wildman–Crippen MR) is 95.2 cm³/mol. The lowest BCUT2D eigenvalue weighted by Gasteiger charge is -2.33. The van der Waals surface area contributed by atoms with Crippen LogP contribution < -0.4 is 4.74 Å². The van der Waals surface area contributed by atoms with E-state index >= 15 is 0 Å². The molecule has 2 fully saturated rings. The summed E-state index contributed by atoms with van der Waals surface area (Å²) in [6, 6.07) is 8.09. The molecule has 0 N–H and O–H groups in total. The van der Waals surface area contributed by atoms with Gasteiger partial charge in [-0.15, -0.1) is 0 Å². The van der Waals surface area contributed by atoms with Gasteiger partial charge in [-0.3, -0.25) is 14.5 Å². The first-order valence-corrected chi connectivity index (χ1v) is 8.76. The first-order chi connectivity index (χ1) is 11.9. The van der Waals surface area contributed by atoms with Crippen molar-refractivity contribution in [3.63, 3.8) is 0 Å². The number of rotatable bonds is 3. The Bertz CT molecular complexity index is 646. The Morgan fingerprint density at radius 2 is 1.88 bits per heavy atom. The van der Waals surface area contributed by atoms with Crippen molar-refractivity contribution in [1.82, 2.24) is 14.7 Å². The smallest absolute Gasteiger partial charge is 0.223 e. The van der Waals surface area contributed by atoms with Crippen molar-refractivity contribution in [2.75, 3.05) is 46.9 Å². The summed E-state index contributed by atoms with van der Waals surface area (Å²) >= 11 is 0. The minimum atomic E-state index is -0.166. The van der Waals surface area contributed by atoms with Gasteiger partial charge in [-0.2, -0.15) is 0 Å². The second-order valence-corrected chi connectivity index (χ2v) is 7.43. The molecule has 2 amide bonds. The number of benzene rings is 1. The Kier molecular flexibility index (Phi) is 4.99. The number of hydrogen-bond acceptors (Lipinski definition) is 4. The van der Waals surface area contributed by atoms with E-state index in [1.54, 1.807) is 18.9 Å². The van der Waals surface area contributed by atoms with Gasteiger partial charge >= 0.3 is 0 Å². The van der Waals surface area contributed by atoms with Crippen LogP contribution in [0.1, 0.15) is 18.9 Å². The highest BCUT2D eigenvalue weighted by molar-refractivity contribution is 5.79. The summed E-state index contributed by atoms with van der Waals surface area (Å²) in [5, 5.41) is 0. The van der Waals surface area contributed by atoms with Crippen molar-refractivity contribution in [3.8, 4) is 5.75 Å². The molecule has 2 saturated heterocycles. The third-order valence-corrected chi connectivity index (χ3v) is 5.31. The Morgan fingerprint density at radius 1 is 1.16 bits per heavy atom. The standard InChI is InChI=1S/C19H27N3O3/c1-15(23)22-9-8-21(11-16-4-6-17(25-3)7-5-16)13-19(14-22)10-18(24)20(2)12-19/h4-7H,8-14H2,1-3H3/t19-/m1/s1. The molecule has 2 heterocycles. The fourth-order valence-corrected chi connectivity index (χ4v) is 4.06. The van der Waals surface area contributed by atoms with Gasteiger partial charge in [0.1, 0.15) is 5.75 Å². The number of ether oxygens (including phenoxy) is 1. The molecule has 0 unspecified atom stereocenters. The van der Waals surface area contributed by atoms with E-state index in [0.717, 1.165) is 25.4 Å². The van der Waals surface area contributed by atoms with Crippen molar-refractivity contribution < 1.29 is 14.3 Å². The van der Waals surface area contributed by atoms with Crippen LogP contribution in [0.15, 0.2) is 24.3 Å². The van der Waals surface area contributed by atoms with Gasteiger partial charge in [0.25, 0.3) is 0 Å². The zero-order chi connectivity index (χ0) is 18.0. The van der Waals surface area contributed by atoms with Crippen molar-refractivity contribution in [3.05, 3.63) is 29.8 Å². The van der Waals surface area contributed by atoms with E-state index in [4.69, 9.17) is 4.74 Å². The molecular weight excluding hydrogens is 318 g/mol. The van der Waals surface area contributed by atoms with Crippen LogP contribution in [-0.4, -0.2) is 73.4 Å². The summed E-state index contributed by atoms with van der Waals surface area (Å²) in [6.45, 7) is 6.18. The molecule has 1 spiro atoms. The van der Waals surface area contributed by atoms with Crippen molar-refractivity contribution >= 4 is 11.8 Å². The van der Waals surface area contributed by atoms with E-state index in [-0.39, 0.29) is 17.2 Å². The maximum absolute atomic E-state index is 12.2. The van der Waals surface area contributed by atoms with Gasteiger partial charge in [-0.05, 0) is 17.7 Å². The average molecular weight is 345 g/mol. The fourth-order valence-electron chi connectivity index (χ4n) is 4.06. The van der Waals surface area contributed by atoms with Gasteiger partial charge in [0.15, 0.2) is 0 Å². The summed E-state index contributed by atoms with van der Waals surface area (Å²) in [7, 11) is 3.52. The van der Waals surface area contributed by atoms with Crippen LogP contribution in [-0.2, 0) is 16.1 Å². The van der Waals surface area contributed by atoms with E-state index in [0.29, 0.717) is 26.1 Å². The van der Waals surface area contributed by atoms with E-state index < -0.39 is 0 Å². The zero-order valence-corrected chi connectivity index (χ0v) is 15.3. The van der Waals surface area contributed by atoms with E-state index in [1.807, 2.05) is 24.1 Å². The minimum Gasteiger partial charge on any atom is -0.497 e. The third kappa shape index (κ3) is 3.95. The van der Waals surface area contributed by atoms with Gasteiger partial charge in [0.2, 0.25) is 11.8 Å². The number of amides is 2. The molecule has 6 heteroatoms. The molecule has 3 rings (SSSR count). The second kappa shape index (κ2) is 7.04. The van der Waals surface area contributed by atoms with Gasteiger partial charge in [-0.25, -0.2) is 0 Å². The summed E-state index contributed by atoms with van der Waals surface area (Å²) in [5.74, 6) is 1.12. The first-order valence-electron chi connectivity index (χ1n) is 8.76. The van der Waals surface area contributed by atoms with Gasteiger partial charge in [0.05, 0.1) is 7.11 Å². The summed E-state index contributed by atoms with van der Waals surface area (Å²) in [4.78, 5) is 30.2. The SMILES string of the molecule is COc1ccc(CN2CCN(C(C)=O)C[C@@]3(CC(=O)N(C)C3)C2)cc1. The third-order valence-electron chi connectivity index (χ3n) is 5.31. The van der Waals surface area contributed by atoms with Crippen LogP contribution in [0.5, 0.6) is 5.75 Å². The maximum atomic E-state index is 12.2. The predicted octanol–water partition coefficient (Wildman–Crippen LogP) is 1.21. The molecule has 0 aliphatic carbocycles. The van der Waals surface area contributed by atoms with E-state index in [1.165, 1.54) is 5.56 Å². The van der Waals surface area contributed by atoms with Crippen LogP contribution in [0.3, 0.4) is 0 Å².